The van der Waals surface area contributed by atoms with Gasteiger partial charge in [0.1, 0.15) is 6.61 Å². The van der Waals surface area contributed by atoms with Gasteiger partial charge in [-0.25, -0.2) is 0 Å². The minimum atomic E-state index is -0.117. The first-order valence-electron chi connectivity index (χ1n) is 13.7. The molecule has 0 aromatic rings. The summed E-state index contributed by atoms with van der Waals surface area (Å²) in [6.07, 6.45) is 5.56. The summed E-state index contributed by atoms with van der Waals surface area (Å²) in [6.45, 7) is 16.1. The van der Waals surface area contributed by atoms with Crippen LogP contribution >= 0.6 is 0 Å². The lowest BCUT2D eigenvalue weighted by Gasteiger charge is -2.13. The number of esters is 1. The molecule has 220 valence electrons. The van der Waals surface area contributed by atoms with E-state index < -0.39 is 0 Å². The number of hydrogen-bond donors (Lipinski definition) is 0. The summed E-state index contributed by atoms with van der Waals surface area (Å²) in [5.41, 5.74) is 0. The van der Waals surface area contributed by atoms with Crippen LogP contribution < -0.4 is 0 Å². The van der Waals surface area contributed by atoms with Gasteiger partial charge in [-0.2, -0.15) is 0 Å². The largest absolute Gasteiger partial charge is 0.463 e. The lowest BCUT2D eigenvalue weighted by molar-refractivity contribution is -0.150. The molecule has 0 aromatic carbocycles. The molecule has 0 fully saturated rings. The smallest absolute Gasteiger partial charge is 0.308 e. The van der Waals surface area contributed by atoms with Crippen LogP contribution in [0.4, 0.5) is 0 Å². The zero-order valence-electron chi connectivity index (χ0n) is 23.3. The van der Waals surface area contributed by atoms with Crippen molar-refractivity contribution in [3.63, 3.8) is 0 Å². The average Bonchev–Trinajstić information content (AvgIpc) is 2.91. The summed E-state index contributed by atoms with van der Waals surface area (Å²) in [4.78, 5) is 12.0. The van der Waals surface area contributed by atoms with E-state index in [1.165, 1.54) is 0 Å². The van der Waals surface area contributed by atoms with E-state index in [1.807, 2.05) is 6.92 Å². The van der Waals surface area contributed by atoms with Gasteiger partial charge >= 0.3 is 5.97 Å². The molecule has 0 radical (unpaired) electrons. The molecule has 0 saturated carbocycles. The predicted molar refractivity (Wildman–Crippen MR) is 141 cm³/mol. The highest BCUT2D eigenvalue weighted by Crippen LogP contribution is 2.14. The maximum absolute atomic E-state index is 12.0. The van der Waals surface area contributed by atoms with Gasteiger partial charge in [0.15, 0.2) is 0 Å². The molecule has 0 aliphatic heterocycles. The molecule has 1 unspecified atom stereocenters. The quantitative estimate of drug-likeness (QED) is 0.0747. The fraction of sp³-hybridized carbons (Fsp3) is 0.889. The van der Waals surface area contributed by atoms with Gasteiger partial charge in [0.25, 0.3) is 0 Å². The minimum absolute atomic E-state index is 0.00257. The van der Waals surface area contributed by atoms with Crippen molar-refractivity contribution in [2.75, 3.05) is 112 Å². The second kappa shape index (κ2) is 31.1. The van der Waals surface area contributed by atoms with Crippen molar-refractivity contribution in [2.45, 2.75) is 39.5 Å². The molecule has 1 atom stereocenters. The molecule has 0 heterocycles. The van der Waals surface area contributed by atoms with Crippen molar-refractivity contribution >= 4 is 5.97 Å². The first-order chi connectivity index (χ1) is 18.3. The van der Waals surface area contributed by atoms with Crippen molar-refractivity contribution < 1.29 is 47.4 Å². The third-order valence-electron chi connectivity index (χ3n) is 5.04. The Bertz CT molecular complexity index is 478. The molecule has 0 aromatic heterocycles. The Morgan fingerprint density at radius 2 is 0.946 bits per heavy atom. The molecule has 10 heteroatoms. The molecular weight excluding hydrogens is 484 g/mol. The molecule has 37 heavy (non-hydrogen) atoms. The monoisotopic (exact) mass is 536 g/mol. The summed E-state index contributed by atoms with van der Waals surface area (Å²) in [6, 6.07) is 0. The summed E-state index contributed by atoms with van der Waals surface area (Å²) in [5, 5.41) is 0. The fourth-order valence-electron chi connectivity index (χ4n) is 2.96. The van der Waals surface area contributed by atoms with Gasteiger partial charge in [0.05, 0.1) is 112 Å². The number of rotatable bonds is 31. The first kappa shape index (κ1) is 35.9. The van der Waals surface area contributed by atoms with Crippen LogP contribution in [0.1, 0.15) is 39.5 Å². The van der Waals surface area contributed by atoms with Crippen LogP contribution in [-0.2, 0) is 47.4 Å². The maximum Gasteiger partial charge on any atom is 0.308 e. The van der Waals surface area contributed by atoms with E-state index in [0.717, 1.165) is 25.7 Å². The van der Waals surface area contributed by atoms with Gasteiger partial charge in [-0.3, -0.25) is 4.79 Å². The molecule has 0 spiro atoms. The second-order valence-corrected chi connectivity index (χ2v) is 8.07. The Morgan fingerprint density at radius 3 is 1.27 bits per heavy atom. The average molecular weight is 537 g/mol. The van der Waals surface area contributed by atoms with Gasteiger partial charge in [0.2, 0.25) is 0 Å². The maximum atomic E-state index is 12.0. The Balaban J connectivity index is 3.17. The van der Waals surface area contributed by atoms with Crippen LogP contribution in [-0.4, -0.2) is 118 Å². The Morgan fingerprint density at radius 1 is 0.595 bits per heavy atom. The lowest BCUT2D eigenvalue weighted by atomic mass is 10.00. The SMILES string of the molecule is C=CCOCCOCCOCCOCCOCCOCCOCCOCCOC(=O)C(CC)CCCC. The van der Waals surface area contributed by atoms with Gasteiger partial charge in [-0.1, -0.05) is 32.8 Å². The van der Waals surface area contributed by atoms with Gasteiger partial charge in [-0.15, -0.1) is 6.58 Å². The summed E-state index contributed by atoms with van der Waals surface area (Å²) >= 11 is 0. The van der Waals surface area contributed by atoms with Crippen molar-refractivity contribution in [2.24, 2.45) is 5.92 Å². The fourth-order valence-corrected chi connectivity index (χ4v) is 2.96. The molecule has 0 aliphatic rings. The zero-order valence-corrected chi connectivity index (χ0v) is 23.3. The third kappa shape index (κ3) is 27.7. The van der Waals surface area contributed by atoms with Crippen LogP contribution in [0.2, 0.25) is 0 Å². The summed E-state index contributed by atoms with van der Waals surface area (Å²) in [5.74, 6) is -0.114. The van der Waals surface area contributed by atoms with E-state index in [2.05, 4.69) is 13.5 Å². The Hall–Kier alpha value is -1.11. The van der Waals surface area contributed by atoms with E-state index in [9.17, 15) is 4.79 Å². The molecule has 0 aliphatic carbocycles. The number of hydrogen-bond acceptors (Lipinski definition) is 10. The number of ether oxygens (including phenoxy) is 9. The standard InChI is InChI=1S/C27H52O10/c1-4-7-8-26(6-3)27(28)37-25-24-36-23-22-35-21-20-34-19-18-33-17-16-32-15-14-31-13-12-30-11-10-29-9-5-2/h5,26H,2,4,6-25H2,1,3H3. The number of carbonyl (C=O) groups excluding carboxylic acids is 1. The van der Waals surface area contributed by atoms with Crippen molar-refractivity contribution in [1.82, 2.24) is 0 Å². The van der Waals surface area contributed by atoms with Crippen molar-refractivity contribution in [3.8, 4) is 0 Å². The van der Waals surface area contributed by atoms with E-state index in [0.29, 0.717) is 106 Å². The second-order valence-electron chi connectivity index (χ2n) is 8.07. The highest BCUT2D eigenvalue weighted by atomic mass is 16.6. The van der Waals surface area contributed by atoms with Gasteiger partial charge < -0.3 is 42.6 Å². The highest BCUT2D eigenvalue weighted by Gasteiger charge is 2.16. The van der Waals surface area contributed by atoms with E-state index >= 15 is 0 Å². The van der Waals surface area contributed by atoms with Crippen molar-refractivity contribution in [1.29, 1.82) is 0 Å². The summed E-state index contributed by atoms with van der Waals surface area (Å²) < 4.78 is 48.5. The van der Waals surface area contributed by atoms with Crippen LogP contribution in [0.15, 0.2) is 12.7 Å². The molecule has 10 nitrogen and oxygen atoms in total. The normalized spacial score (nSPS) is 12.1. The molecule has 0 saturated heterocycles. The zero-order chi connectivity index (χ0) is 27.1. The molecule has 0 amide bonds. The van der Waals surface area contributed by atoms with Crippen LogP contribution in [0.5, 0.6) is 0 Å². The highest BCUT2D eigenvalue weighted by molar-refractivity contribution is 5.72. The molecule has 0 rings (SSSR count). The van der Waals surface area contributed by atoms with E-state index in [1.54, 1.807) is 6.08 Å². The topological polar surface area (TPSA) is 100 Å². The lowest BCUT2D eigenvalue weighted by Crippen LogP contribution is -2.20. The molecular formula is C27H52O10. The minimum Gasteiger partial charge on any atom is -0.463 e. The van der Waals surface area contributed by atoms with Gasteiger partial charge in [-0.05, 0) is 12.8 Å². The van der Waals surface area contributed by atoms with Crippen LogP contribution in [0.3, 0.4) is 0 Å². The molecule has 0 bridgehead atoms. The number of unbranched alkanes of at least 4 members (excludes halogenated alkanes) is 1. The van der Waals surface area contributed by atoms with Crippen LogP contribution in [0.25, 0.3) is 0 Å². The Kier molecular flexibility index (Phi) is 30.2. The van der Waals surface area contributed by atoms with E-state index in [-0.39, 0.29) is 18.5 Å². The first-order valence-corrected chi connectivity index (χ1v) is 13.7. The summed E-state index contributed by atoms with van der Waals surface area (Å²) in [7, 11) is 0. The third-order valence-corrected chi connectivity index (χ3v) is 5.04. The van der Waals surface area contributed by atoms with Crippen LogP contribution in [0, 0.1) is 5.92 Å². The van der Waals surface area contributed by atoms with E-state index in [4.69, 9.17) is 42.6 Å². The Labute approximate surface area is 224 Å². The molecule has 0 N–H and O–H groups in total. The van der Waals surface area contributed by atoms with Crippen molar-refractivity contribution in [3.05, 3.63) is 12.7 Å². The van der Waals surface area contributed by atoms with Gasteiger partial charge in [0, 0.05) is 0 Å². The predicted octanol–water partition coefficient (Wildman–Crippen LogP) is 3.06. The number of carbonyl (C=O) groups is 1.